The number of anilines is 1. The van der Waals surface area contributed by atoms with Crippen molar-refractivity contribution in [1.29, 1.82) is 0 Å². The molecule has 0 unspecified atom stereocenters. The lowest BCUT2D eigenvalue weighted by Gasteiger charge is -2.08. The molecule has 1 aromatic heterocycles. The number of aromatic nitrogens is 2. The van der Waals surface area contributed by atoms with Crippen LogP contribution >= 0.6 is 11.6 Å². The Morgan fingerprint density at radius 1 is 1.17 bits per heavy atom. The maximum atomic E-state index is 12.4. The van der Waals surface area contributed by atoms with E-state index in [0.29, 0.717) is 23.1 Å². The molecule has 150 valence electrons. The molecular formula is C19H17ClN4O5. The molecule has 3 rings (SSSR count). The van der Waals surface area contributed by atoms with Crippen molar-refractivity contribution in [2.24, 2.45) is 0 Å². The fourth-order valence-corrected chi connectivity index (χ4v) is 2.56. The molecule has 0 saturated carbocycles. The van der Waals surface area contributed by atoms with Gasteiger partial charge in [-0.05, 0) is 49.4 Å². The molecule has 0 saturated heterocycles. The first-order chi connectivity index (χ1) is 14.0. The monoisotopic (exact) mass is 416 g/mol. The number of hydrogen-bond donors (Lipinski definition) is 1. The molecule has 0 aliphatic carbocycles. The van der Waals surface area contributed by atoms with Crippen molar-refractivity contribution in [2.75, 3.05) is 11.9 Å². The molecule has 0 radical (unpaired) electrons. The van der Waals surface area contributed by atoms with Crippen molar-refractivity contribution in [1.82, 2.24) is 9.78 Å². The molecule has 0 aliphatic heterocycles. The van der Waals surface area contributed by atoms with Gasteiger partial charge in [0.15, 0.2) is 12.4 Å². The topological polar surface area (TPSA) is 109 Å². The number of carbonyl (C=O) groups is 1. The lowest BCUT2D eigenvalue weighted by Crippen LogP contribution is -2.15. The van der Waals surface area contributed by atoms with Gasteiger partial charge in [0.05, 0.1) is 17.6 Å². The number of amides is 1. The Morgan fingerprint density at radius 3 is 2.59 bits per heavy atom. The fourth-order valence-electron chi connectivity index (χ4n) is 2.44. The fraction of sp³-hybridized carbons (Fsp3) is 0.158. The highest BCUT2D eigenvalue weighted by Crippen LogP contribution is 2.29. The molecule has 29 heavy (non-hydrogen) atoms. The van der Waals surface area contributed by atoms with Gasteiger partial charge in [0, 0.05) is 11.2 Å². The van der Waals surface area contributed by atoms with Crippen LogP contribution in [-0.2, 0) is 6.73 Å². The summed E-state index contributed by atoms with van der Waals surface area (Å²) in [4.78, 5) is 23.1. The second kappa shape index (κ2) is 9.07. The normalized spacial score (nSPS) is 10.4. The second-order valence-corrected chi connectivity index (χ2v) is 6.23. The van der Waals surface area contributed by atoms with E-state index < -0.39 is 10.8 Å². The Labute approximate surface area is 171 Å². The Bertz CT molecular complexity index is 1020. The largest absolute Gasteiger partial charge is 0.494 e. The molecule has 0 aliphatic rings. The average molecular weight is 417 g/mol. The minimum absolute atomic E-state index is 0.0513. The van der Waals surface area contributed by atoms with Gasteiger partial charge >= 0.3 is 0 Å². The molecular weight excluding hydrogens is 400 g/mol. The Balaban J connectivity index is 1.67. The van der Waals surface area contributed by atoms with Crippen LogP contribution in [0, 0.1) is 10.1 Å². The first-order valence-electron chi connectivity index (χ1n) is 8.60. The zero-order valence-corrected chi connectivity index (χ0v) is 16.1. The van der Waals surface area contributed by atoms with Crippen molar-refractivity contribution >= 4 is 28.9 Å². The molecule has 0 fully saturated rings. The number of nitro groups is 1. The highest BCUT2D eigenvalue weighted by molar-refractivity contribution is 6.30. The molecule has 1 amide bonds. The van der Waals surface area contributed by atoms with E-state index in [2.05, 4.69) is 10.4 Å². The van der Waals surface area contributed by atoms with E-state index >= 15 is 0 Å². The van der Waals surface area contributed by atoms with Crippen molar-refractivity contribution in [3.63, 3.8) is 0 Å². The zero-order chi connectivity index (χ0) is 20.8. The molecule has 1 heterocycles. The second-order valence-electron chi connectivity index (χ2n) is 5.79. The third kappa shape index (κ3) is 5.23. The summed E-state index contributed by atoms with van der Waals surface area (Å²) in [5.41, 5.74) is -0.127. The van der Waals surface area contributed by atoms with Gasteiger partial charge in [-0.25, -0.2) is 4.68 Å². The average Bonchev–Trinajstić information content (AvgIpc) is 3.18. The molecule has 9 nitrogen and oxygen atoms in total. The Morgan fingerprint density at radius 2 is 1.90 bits per heavy atom. The maximum Gasteiger partial charge on any atom is 0.296 e. The first kappa shape index (κ1) is 20.2. The Hall–Kier alpha value is -3.59. The first-order valence-corrected chi connectivity index (χ1v) is 8.98. The standard InChI is InChI=1S/C19H17ClN4O5/c1-2-28-15-7-8-16(18(11-15)24(26)27)21-19(25)17-9-10-23(22-17)12-29-14-5-3-13(20)4-6-14/h3-11H,2,12H2,1H3,(H,21,25). The number of carbonyl (C=O) groups excluding carboxylic acids is 1. The summed E-state index contributed by atoms with van der Waals surface area (Å²) < 4.78 is 12.2. The molecule has 0 atom stereocenters. The SMILES string of the molecule is CCOc1ccc(NC(=O)c2ccn(COc3ccc(Cl)cc3)n2)c([N+](=O)[O-])c1. The molecule has 2 aromatic carbocycles. The van der Waals surface area contributed by atoms with Gasteiger partial charge in [0.1, 0.15) is 17.2 Å². The van der Waals surface area contributed by atoms with E-state index in [4.69, 9.17) is 21.1 Å². The van der Waals surface area contributed by atoms with Gasteiger partial charge in [0.2, 0.25) is 0 Å². The van der Waals surface area contributed by atoms with Crippen LogP contribution in [0.3, 0.4) is 0 Å². The predicted octanol–water partition coefficient (Wildman–Crippen LogP) is 4.13. The summed E-state index contributed by atoms with van der Waals surface area (Å²) in [5, 5.41) is 18.5. The van der Waals surface area contributed by atoms with Gasteiger partial charge in [-0.15, -0.1) is 0 Å². The molecule has 0 bridgehead atoms. The summed E-state index contributed by atoms with van der Waals surface area (Å²) in [6.45, 7) is 2.23. The van der Waals surface area contributed by atoms with Gasteiger partial charge in [-0.1, -0.05) is 11.6 Å². The molecule has 3 aromatic rings. The van der Waals surface area contributed by atoms with Crippen LogP contribution in [0.5, 0.6) is 11.5 Å². The van der Waals surface area contributed by atoms with Crippen molar-refractivity contribution in [3.8, 4) is 11.5 Å². The van der Waals surface area contributed by atoms with Crippen molar-refractivity contribution in [2.45, 2.75) is 13.7 Å². The van der Waals surface area contributed by atoms with Gasteiger partial charge < -0.3 is 14.8 Å². The Kier molecular flexibility index (Phi) is 6.30. The quantitative estimate of drug-likeness (QED) is 0.436. The maximum absolute atomic E-state index is 12.4. The number of nitro benzene ring substituents is 1. The van der Waals surface area contributed by atoms with Gasteiger partial charge in [-0.2, -0.15) is 5.10 Å². The lowest BCUT2D eigenvalue weighted by molar-refractivity contribution is -0.384. The predicted molar refractivity (Wildman–Crippen MR) is 107 cm³/mol. The zero-order valence-electron chi connectivity index (χ0n) is 15.4. The van der Waals surface area contributed by atoms with Crippen molar-refractivity contribution in [3.05, 3.63) is 75.6 Å². The van der Waals surface area contributed by atoms with Crippen LogP contribution in [-0.4, -0.2) is 27.2 Å². The number of ether oxygens (including phenoxy) is 2. The van der Waals surface area contributed by atoms with E-state index in [0.717, 1.165) is 0 Å². The van der Waals surface area contributed by atoms with Crippen LogP contribution in [0.1, 0.15) is 17.4 Å². The summed E-state index contributed by atoms with van der Waals surface area (Å²) in [6.07, 6.45) is 1.57. The van der Waals surface area contributed by atoms with Gasteiger partial charge in [-0.3, -0.25) is 14.9 Å². The lowest BCUT2D eigenvalue weighted by atomic mass is 10.2. The number of nitrogens with zero attached hydrogens (tertiary/aromatic N) is 3. The molecule has 0 spiro atoms. The van der Waals surface area contributed by atoms with E-state index in [-0.39, 0.29) is 23.8 Å². The summed E-state index contributed by atoms with van der Waals surface area (Å²) in [6, 6.07) is 12.5. The molecule has 10 heteroatoms. The smallest absolute Gasteiger partial charge is 0.296 e. The van der Waals surface area contributed by atoms with E-state index in [9.17, 15) is 14.9 Å². The van der Waals surface area contributed by atoms with Crippen molar-refractivity contribution < 1.29 is 19.2 Å². The minimum atomic E-state index is -0.587. The number of nitrogens with one attached hydrogen (secondary N) is 1. The van der Waals surface area contributed by atoms with E-state index in [1.807, 2.05) is 0 Å². The molecule has 1 N–H and O–H groups in total. The van der Waals surface area contributed by atoms with Crippen LogP contribution in [0.2, 0.25) is 5.02 Å². The highest BCUT2D eigenvalue weighted by atomic mass is 35.5. The summed E-state index contributed by atoms with van der Waals surface area (Å²) >= 11 is 5.82. The minimum Gasteiger partial charge on any atom is -0.494 e. The third-order valence-corrected chi connectivity index (χ3v) is 4.03. The van der Waals surface area contributed by atoms with Gasteiger partial charge in [0.25, 0.3) is 11.6 Å². The third-order valence-electron chi connectivity index (χ3n) is 3.78. The van der Waals surface area contributed by atoms with E-state index in [1.54, 1.807) is 43.5 Å². The highest BCUT2D eigenvalue weighted by Gasteiger charge is 2.19. The summed E-state index contributed by atoms with van der Waals surface area (Å²) in [7, 11) is 0. The van der Waals surface area contributed by atoms with Crippen LogP contribution in [0.15, 0.2) is 54.7 Å². The number of hydrogen-bond acceptors (Lipinski definition) is 6. The number of rotatable bonds is 8. The number of halogens is 1. The number of benzene rings is 2. The van der Waals surface area contributed by atoms with Crippen LogP contribution in [0.4, 0.5) is 11.4 Å². The van der Waals surface area contributed by atoms with E-state index in [1.165, 1.54) is 22.9 Å². The van der Waals surface area contributed by atoms with Crippen LogP contribution in [0.25, 0.3) is 0 Å². The van der Waals surface area contributed by atoms with Crippen LogP contribution < -0.4 is 14.8 Å². The summed E-state index contributed by atoms with van der Waals surface area (Å²) in [5.74, 6) is 0.365.